The predicted molar refractivity (Wildman–Crippen MR) is 116 cm³/mol. The third-order valence-corrected chi connectivity index (χ3v) is 5.00. The Kier molecular flexibility index (Phi) is 6.04. The van der Waals surface area contributed by atoms with Gasteiger partial charge in [-0.05, 0) is 61.2 Å². The first kappa shape index (κ1) is 19.0. The number of methoxy groups -OCH3 is 1. The summed E-state index contributed by atoms with van der Waals surface area (Å²) >= 11 is 0. The van der Waals surface area contributed by atoms with E-state index in [0.717, 1.165) is 30.9 Å². The van der Waals surface area contributed by atoms with Crippen molar-refractivity contribution in [2.45, 2.75) is 19.3 Å². The quantitative estimate of drug-likeness (QED) is 0.604. The lowest BCUT2D eigenvalue weighted by Crippen LogP contribution is -2.17. The van der Waals surface area contributed by atoms with Crippen LogP contribution in [0.5, 0.6) is 5.75 Å². The second-order valence-corrected chi connectivity index (χ2v) is 7.06. The Morgan fingerprint density at radius 3 is 2.69 bits per heavy atom. The molecule has 0 bridgehead atoms. The van der Waals surface area contributed by atoms with Crippen LogP contribution in [0.3, 0.4) is 0 Å². The Balaban J connectivity index is 1.32. The molecule has 0 radical (unpaired) electrons. The molecular weight excluding hydrogens is 364 g/mol. The summed E-state index contributed by atoms with van der Waals surface area (Å²) in [7, 11) is 1.68. The summed E-state index contributed by atoms with van der Waals surface area (Å²) < 4.78 is 5.26. The molecule has 150 valence electrons. The van der Waals surface area contributed by atoms with Crippen molar-refractivity contribution in [1.82, 2.24) is 15.2 Å². The molecule has 7 heteroatoms. The Labute approximate surface area is 171 Å². The minimum atomic E-state index is 0.506. The van der Waals surface area contributed by atoms with Gasteiger partial charge in [0.1, 0.15) is 5.75 Å². The molecule has 4 rings (SSSR count). The van der Waals surface area contributed by atoms with Crippen molar-refractivity contribution < 1.29 is 4.74 Å². The van der Waals surface area contributed by atoms with Gasteiger partial charge in [-0.3, -0.25) is 0 Å². The highest BCUT2D eigenvalue weighted by atomic mass is 16.5. The maximum Gasteiger partial charge on any atom is 0.244 e. The molecule has 0 unspecified atom stereocenters. The minimum Gasteiger partial charge on any atom is -0.497 e. The van der Waals surface area contributed by atoms with Crippen LogP contribution < -0.4 is 20.3 Å². The summed E-state index contributed by atoms with van der Waals surface area (Å²) in [4.78, 5) is 6.92. The normalized spacial score (nSPS) is 13.3. The highest BCUT2D eigenvalue weighted by Crippen LogP contribution is 2.23. The summed E-state index contributed by atoms with van der Waals surface area (Å²) in [6, 6.07) is 16.5. The molecule has 0 amide bonds. The number of aromatic nitrogens is 3. The van der Waals surface area contributed by atoms with Crippen LogP contribution in [0.1, 0.15) is 18.4 Å². The van der Waals surface area contributed by atoms with Crippen molar-refractivity contribution >= 4 is 23.1 Å². The lowest BCUT2D eigenvalue weighted by molar-refractivity contribution is 0.414. The van der Waals surface area contributed by atoms with Crippen molar-refractivity contribution in [2.75, 3.05) is 42.3 Å². The van der Waals surface area contributed by atoms with Crippen LogP contribution >= 0.6 is 0 Å². The van der Waals surface area contributed by atoms with Gasteiger partial charge in [-0.1, -0.05) is 12.1 Å². The van der Waals surface area contributed by atoms with Crippen molar-refractivity contribution in [1.29, 1.82) is 0 Å². The van der Waals surface area contributed by atoms with Crippen LogP contribution in [0, 0.1) is 0 Å². The number of nitrogens with zero attached hydrogens (tertiary/aromatic N) is 4. The van der Waals surface area contributed by atoms with Gasteiger partial charge in [0.05, 0.1) is 13.3 Å². The zero-order valence-corrected chi connectivity index (χ0v) is 16.6. The molecule has 0 atom stereocenters. The van der Waals surface area contributed by atoms with Crippen LogP contribution in [-0.4, -0.2) is 41.9 Å². The number of benzene rings is 2. The predicted octanol–water partition coefficient (Wildman–Crippen LogP) is 3.88. The zero-order valence-electron chi connectivity index (χ0n) is 16.6. The van der Waals surface area contributed by atoms with Gasteiger partial charge in [0.2, 0.25) is 5.95 Å². The average molecular weight is 390 g/mol. The molecule has 2 N–H and O–H groups in total. The van der Waals surface area contributed by atoms with Crippen LogP contribution in [0.25, 0.3) is 0 Å². The van der Waals surface area contributed by atoms with Crippen molar-refractivity contribution in [3.05, 3.63) is 60.3 Å². The standard InChI is InChI=1S/C22H26N6O/c1-29-20-6-4-5-17(15-20)11-12-23-22-26-21(16-24-27-22)25-18-7-9-19(10-8-18)28-13-2-3-14-28/h4-10,15-16H,2-3,11-14H2,1H3,(H2,23,25,26,27). The number of hydrogen-bond donors (Lipinski definition) is 2. The molecule has 1 saturated heterocycles. The molecule has 0 spiro atoms. The van der Waals surface area contributed by atoms with E-state index in [2.05, 4.69) is 61.0 Å². The van der Waals surface area contributed by atoms with Crippen molar-refractivity contribution in [3.63, 3.8) is 0 Å². The van der Waals surface area contributed by atoms with Gasteiger partial charge in [-0.2, -0.15) is 10.1 Å². The average Bonchev–Trinajstić information content (AvgIpc) is 3.30. The van der Waals surface area contributed by atoms with Crippen LogP contribution in [-0.2, 0) is 6.42 Å². The fourth-order valence-electron chi connectivity index (χ4n) is 3.46. The summed E-state index contributed by atoms with van der Waals surface area (Å²) in [5.74, 6) is 2.03. The number of hydrogen-bond acceptors (Lipinski definition) is 7. The van der Waals surface area contributed by atoms with Crippen molar-refractivity contribution in [2.24, 2.45) is 0 Å². The monoisotopic (exact) mass is 390 g/mol. The van der Waals surface area contributed by atoms with E-state index < -0.39 is 0 Å². The minimum absolute atomic E-state index is 0.506. The highest BCUT2D eigenvalue weighted by molar-refractivity contribution is 5.61. The van der Waals surface area contributed by atoms with Crippen LogP contribution in [0.4, 0.5) is 23.1 Å². The first-order valence-corrected chi connectivity index (χ1v) is 9.99. The van der Waals surface area contributed by atoms with E-state index in [9.17, 15) is 0 Å². The molecule has 1 aliphatic rings. The number of nitrogens with one attached hydrogen (secondary N) is 2. The van der Waals surface area contributed by atoms with E-state index in [1.165, 1.54) is 24.1 Å². The largest absolute Gasteiger partial charge is 0.497 e. The Hall–Kier alpha value is -3.35. The summed E-state index contributed by atoms with van der Waals surface area (Å²) in [5, 5.41) is 14.6. The number of ether oxygens (including phenoxy) is 1. The molecule has 7 nitrogen and oxygen atoms in total. The summed E-state index contributed by atoms with van der Waals surface area (Å²) in [6.07, 6.45) is 5.03. The Bertz CT molecular complexity index is 925. The summed E-state index contributed by atoms with van der Waals surface area (Å²) in [6.45, 7) is 3.00. The molecule has 29 heavy (non-hydrogen) atoms. The van der Waals surface area contributed by atoms with Gasteiger partial charge in [-0.25, -0.2) is 0 Å². The fourth-order valence-corrected chi connectivity index (χ4v) is 3.46. The number of rotatable bonds is 8. The molecule has 0 aliphatic carbocycles. The van der Waals surface area contributed by atoms with E-state index in [0.29, 0.717) is 18.3 Å². The third kappa shape index (κ3) is 5.13. The zero-order chi connectivity index (χ0) is 19.9. The molecule has 1 fully saturated rings. The molecule has 2 aromatic carbocycles. The molecule has 1 aromatic heterocycles. The maximum absolute atomic E-state index is 5.26. The maximum atomic E-state index is 5.26. The second kappa shape index (κ2) is 9.23. The van der Waals surface area contributed by atoms with Gasteiger partial charge in [0, 0.05) is 31.0 Å². The first-order chi connectivity index (χ1) is 14.3. The molecule has 3 aromatic rings. The third-order valence-electron chi connectivity index (χ3n) is 5.00. The Morgan fingerprint density at radius 2 is 1.90 bits per heavy atom. The second-order valence-electron chi connectivity index (χ2n) is 7.06. The van der Waals surface area contributed by atoms with Crippen molar-refractivity contribution in [3.8, 4) is 5.75 Å². The van der Waals surface area contributed by atoms with Gasteiger partial charge >= 0.3 is 0 Å². The van der Waals surface area contributed by atoms with Crippen LogP contribution in [0.2, 0.25) is 0 Å². The molecule has 0 saturated carbocycles. The lowest BCUT2D eigenvalue weighted by atomic mass is 10.1. The van der Waals surface area contributed by atoms with E-state index in [1.54, 1.807) is 13.3 Å². The number of anilines is 4. The van der Waals surface area contributed by atoms with Gasteiger partial charge in [-0.15, -0.1) is 5.10 Å². The van der Waals surface area contributed by atoms with E-state index in [-0.39, 0.29) is 0 Å². The smallest absolute Gasteiger partial charge is 0.244 e. The highest BCUT2D eigenvalue weighted by Gasteiger charge is 2.11. The SMILES string of the molecule is COc1cccc(CCNc2nncc(Nc3ccc(N4CCCC4)cc3)n2)c1. The van der Waals surface area contributed by atoms with E-state index in [1.807, 2.05) is 18.2 Å². The summed E-state index contributed by atoms with van der Waals surface area (Å²) in [5.41, 5.74) is 3.45. The molecule has 1 aliphatic heterocycles. The van der Waals surface area contributed by atoms with Crippen LogP contribution in [0.15, 0.2) is 54.7 Å². The van der Waals surface area contributed by atoms with Gasteiger partial charge < -0.3 is 20.3 Å². The van der Waals surface area contributed by atoms with E-state index in [4.69, 9.17) is 4.74 Å². The fraction of sp³-hybridized carbons (Fsp3) is 0.318. The first-order valence-electron chi connectivity index (χ1n) is 9.99. The Morgan fingerprint density at radius 1 is 1.07 bits per heavy atom. The van der Waals surface area contributed by atoms with Gasteiger partial charge in [0.25, 0.3) is 0 Å². The van der Waals surface area contributed by atoms with Gasteiger partial charge in [0.15, 0.2) is 5.82 Å². The topological polar surface area (TPSA) is 75.2 Å². The molecule has 2 heterocycles. The lowest BCUT2D eigenvalue weighted by Gasteiger charge is -2.17. The van der Waals surface area contributed by atoms with E-state index >= 15 is 0 Å². The molecular formula is C22H26N6O.